The molecule has 2 aromatic heterocycles. The van der Waals surface area contributed by atoms with E-state index < -0.39 is 0 Å². The Hall–Kier alpha value is -2.15. The van der Waals surface area contributed by atoms with Crippen LogP contribution in [0.4, 0.5) is 5.69 Å². The molecule has 1 saturated carbocycles. The summed E-state index contributed by atoms with van der Waals surface area (Å²) in [5, 5.41) is 11.0. The number of anilines is 1. The molecule has 1 N–H and O–H groups in total. The molecule has 2 fully saturated rings. The van der Waals surface area contributed by atoms with E-state index in [9.17, 15) is 4.79 Å². The van der Waals surface area contributed by atoms with Crippen LogP contribution in [0.5, 0.6) is 0 Å². The molecule has 1 aliphatic carbocycles. The Labute approximate surface area is 134 Å². The first kappa shape index (κ1) is 14.4. The lowest BCUT2D eigenvalue weighted by molar-refractivity contribution is 0.0601. The average Bonchev–Trinajstić information content (AvgIpc) is 3.13. The lowest BCUT2D eigenvalue weighted by Crippen LogP contribution is -2.20. The molecule has 1 aliphatic heterocycles. The molecule has 0 unspecified atom stereocenters. The Morgan fingerprint density at radius 2 is 2.13 bits per heavy atom. The van der Waals surface area contributed by atoms with Crippen LogP contribution < -0.4 is 5.32 Å². The molecular weight excluding hydrogens is 296 g/mol. The molecule has 0 radical (unpaired) electrons. The maximum Gasteiger partial charge on any atom is 0.277 e. The van der Waals surface area contributed by atoms with E-state index in [1.165, 1.54) is 0 Å². The SMILES string of the molecule is O=C(Nc1cnn(CC2CCOCC2)c1)c1cc(C2CC2)on1. The van der Waals surface area contributed by atoms with E-state index in [2.05, 4.69) is 15.6 Å². The van der Waals surface area contributed by atoms with E-state index in [0.29, 0.717) is 23.2 Å². The number of hydrogen-bond donors (Lipinski definition) is 1. The molecule has 23 heavy (non-hydrogen) atoms. The molecule has 2 aromatic rings. The number of aromatic nitrogens is 3. The lowest BCUT2D eigenvalue weighted by atomic mass is 10.0. The van der Waals surface area contributed by atoms with Crippen molar-refractivity contribution in [3.63, 3.8) is 0 Å². The number of carbonyl (C=O) groups excluding carboxylic acids is 1. The minimum atomic E-state index is -0.258. The Morgan fingerprint density at radius 3 is 2.91 bits per heavy atom. The molecular formula is C16H20N4O3. The van der Waals surface area contributed by atoms with Gasteiger partial charge in [-0.2, -0.15) is 5.10 Å². The van der Waals surface area contributed by atoms with E-state index in [4.69, 9.17) is 9.26 Å². The Morgan fingerprint density at radius 1 is 1.30 bits per heavy atom. The van der Waals surface area contributed by atoms with Crippen LogP contribution in [0.25, 0.3) is 0 Å². The fraction of sp³-hybridized carbons (Fsp3) is 0.562. The molecule has 4 rings (SSSR count). The van der Waals surface area contributed by atoms with Crippen molar-refractivity contribution in [1.82, 2.24) is 14.9 Å². The Bertz CT molecular complexity index is 683. The normalized spacial score (nSPS) is 19.0. The van der Waals surface area contributed by atoms with Gasteiger partial charge in [0, 0.05) is 37.9 Å². The number of ether oxygens (including phenoxy) is 1. The van der Waals surface area contributed by atoms with E-state index in [1.807, 2.05) is 10.9 Å². The van der Waals surface area contributed by atoms with Crippen LogP contribution in [0, 0.1) is 5.92 Å². The summed E-state index contributed by atoms with van der Waals surface area (Å²) in [6, 6.07) is 1.74. The fourth-order valence-electron chi connectivity index (χ4n) is 2.87. The molecule has 3 heterocycles. The second-order valence-corrected chi connectivity index (χ2v) is 6.35. The molecule has 7 heteroatoms. The first-order valence-corrected chi connectivity index (χ1v) is 8.16. The van der Waals surface area contributed by atoms with Crippen LogP contribution >= 0.6 is 0 Å². The van der Waals surface area contributed by atoms with Crippen LogP contribution in [0.2, 0.25) is 0 Å². The maximum atomic E-state index is 12.2. The highest BCUT2D eigenvalue weighted by Crippen LogP contribution is 2.40. The third-order valence-electron chi connectivity index (χ3n) is 4.42. The van der Waals surface area contributed by atoms with Gasteiger partial charge in [-0.1, -0.05) is 5.16 Å². The van der Waals surface area contributed by atoms with Crippen LogP contribution in [-0.2, 0) is 11.3 Å². The minimum Gasteiger partial charge on any atom is -0.381 e. The van der Waals surface area contributed by atoms with Gasteiger partial charge in [0.15, 0.2) is 5.69 Å². The quantitative estimate of drug-likeness (QED) is 0.916. The third-order valence-corrected chi connectivity index (χ3v) is 4.42. The summed E-state index contributed by atoms with van der Waals surface area (Å²) in [7, 11) is 0. The first-order valence-electron chi connectivity index (χ1n) is 8.16. The van der Waals surface area contributed by atoms with Crippen molar-refractivity contribution in [2.45, 2.75) is 38.1 Å². The van der Waals surface area contributed by atoms with Crippen LogP contribution in [0.1, 0.15) is 47.8 Å². The second kappa shape index (κ2) is 6.16. The van der Waals surface area contributed by atoms with Crippen molar-refractivity contribution in [2.75, 3.05) is 18.5 Å². The highest BCUT2D eigenvalue weighted by Gasteiger charge is 2.29. The predicted octanol–water partition coefficient (Wildman–Crippen LogP) is 2.43. The van der Waals surface area contributed by atoms with Gasteiger partial charge in [-0.15, -0.1) is 0 Å². The Balaban J connectivity index is 1.35. The molecule has 2 aliphatic rings. The summed E-state index contributed by atoms with van der Waals surface area (Å²) in [4.78, 5) is 12.2. The molecule has 0 bridgehead atoms. The van der Waals surface area contributed by atoms with E-state index >= 15 is 0 Å². The third kappa shape index (κ3) is 3.44. The van der Waals surface area contributed by atoms with Crippen molar-refractivity contribution in [1.29, 1.82) is 0 Å². The van der Waals surface area contributed by atoms with E-state index in [0.717, 1.165) is 51.2 Å². The summed E-state index contributed by atoms with van der Waals surface area (Å²) >= 11 is 0. The largest absolute Gasteiger partial charge is 0.381 e. The molecule has 0 atom stereocenters. The summed E-state index contributed by atoms with van der Waals surface area (Å²) in [5.74, 6) is 1.59. The van der Waals surface area contributed by atoms with Crippen molar-refractivity contribution in [2.24, 2.45) is 5.92 Å². The zero-order valence-electron chi connectivity index (χ0n) is 12.9. The number of hydrogen-bond acceptors (Lipinski definition) is 5. The minimum absolute atomic E-state index is 0.258. The van der Waals surface area contributed by atoms with Gasteiger partial charge in [-0.25, -0.2) is 0 Å². The van der Waals surface area contributed by atoms with Crippen LogP contribution in [-0.4, -0.2) is 34.1 Å². The first-order chi connectivity index (χ1) is 11.3. The summed E-state index contributed by atoms with van der Waals surface area (Å²) in [5.41, 5.74) is 1.00. The Kier molecular flexibility index (Phi) is 3.87. The number of rotatable bonds is 5. The van der Waals surface area contributed by atoms with Crippen molar-refractivity contribution in [3.8, 4) is 0 Å². The highest BCUT2D eigenvalue weighted by atomic mass is 16.5. The molecule has 7 nitrogen and oxygen atoms in total. The van der Waals surface area contributed by atoms with E-state index in [1.54, 1.807) is 12.3 Å². The lowest BCUT2D eigenvalue weighted by Gasteiger charge is -2.21. The standard InChI is InChI=1S/C16H20N4O3/c21-16(14-7-15(23-19-14)12-1-2-12)18-13-8-17-20(10-13)9-11-3-5-22-6-4-11/h7-8,10-12H,1-6,9H2,(H,18,21). The number of carbonyl (C=O) groups is 1. The van der Waals surface area contributed by atoms with Crippen molar-refractivity contribution < 1.29 is 14.1 Å². The summed E-state index contributed by atoms with van der Waals surface area (Å²) in [6.45, 7) is 2.51. The van der Waals surface area contributed by atoms with Gasteiger partial charge in [-0.3, -0.25) is 9.48 Å². The second-order valence-electron chi connectivity index (χ2n) is 6.35. The molecule has 0 aromatic carbocycles. The predicted molar refractivity (Wildman–Crippen MR) is 82.2 cm³/mol. The van der Waals surface area contributed by atoms with Gasteiger partial charge in [0.2, 0.25) is 0 Å². The van der Waals surface area contributed by atoms with Gasteiger partial charge in [0.1, 0.15) is 5.76 Å². The van der Waals surface area contributed by atoms with Crippen molar-refractivity contribution >= 4 is 11.6 Å². The smallest absolute Gasteiger partial charge is 0.277 e. The molecule has 122 valence electrons. The number of nitrogens with one attached hydrogen (secondary N) is 1. The maximum absolute atomic E-state index is 12.2. The molecule has 1 saturated heterocycles. The van der Waals surface area contributed by atoms with Gasteiger partial charge in [-0.05, 0) is 31.6 Å². The zero-order valence-corrected chi connectivity index (χ0v) is 12.9. The zero-order chi connectivity index (χ0) is 15.6. The number of nitrogens with zero attached hydrogens (tertiary/aromatic N) is 3. The van der Waals surface area contributed by atoms with Crippen LogP contribution in [0.15, 0.2) is 23.0 Å². The van der Waals surface area contributed by atoms with Gasteiger partial charge in [0.25, 0.3) is 5.91 Å². The van der Waals surface area contributed by atoms with Gasteiger partial charge in [0.05, 0.1) is 11.9 Å². The fourth-order valence-corrected chi connectivity index (χ4v) is 2.87. The van der Waals surface area contributed by atoms with Gasteiger partial charge >= 0.3 is 0 Å². The summed E-state index contributed by atoms with van der Waals surface area (Å²) in [6.07, 6.45) is 7.88. The monoisotopic (exact) mass is 316 g/mol. The van der Waals surface area contributed by atoms with Crippen LogP contribution in [0.3, 0.4) is 0 Å². The highest BCUT2D eigenvalue weighted by molar-refractivity contribution is 6.02. The molecule has 1 amide bonds. The average molecular weight is 316 g/mol. The van der Waals surface area contributed by atoms with Crippen molar-refractivity contribution in [3.05, 3.63) is 29.9 Å². The topological polar surface area (TPSA) is 82.2 Å². The van der Waals surface area contributed by atoms with E-state index in [-0.39, 0.29) is 5.91 Å². The number of amides is 1. The van der Waals surface area contributed by atoms with Gasteiger partial charge < -0.3 is 14.6 Å². The summed E-state index contributed by atoms with van der Waals surface area (Å²) < 4.78 is 12.5. The molecule has 0 spiro atoms.